The van der Waals surface area contributed by atoms with Crippen molar-refractivity contribution in [2.24, 2.45) is 0 Å². The van der Waals surface area contributed by atoms with E-state index in [0.717, 1.165) is 31.6 Å². The minimum atomic E-state index is -0.0741. The third kappa shape index (κ3) is 5.62. The molecule has 1 amide bonds. The first-order chi connectivity index (χ1) is 13.0. The average molecular weight is 415 g/mol. The van der Waals surface area contributed by atoms with Crippen LogP contribution in [0.2, 0.25) is 0 Å². The zero-order chi connectivity index (χ0) is 19.8. The molecule has 152 valence electrons. The molecule has 0 bridgehead atoms. The lowest BCUT2D eigenvalue weighted by atomic mass is 10.1. The van der Waals surface area contributed by atoms with E-state index < -0.39 is 0 Å². The number of hydrogen-bond acceptors (Lipinski definition) is 7. The number of carbonyl (C=O) groups excluding carboxylic acids is 1. The minimum Gasteiger partial charge on any atom is -0.493 e. The van der Waals surface area contributed by atoms with Crippen LogP contribution in [-0.2, 0) is 4.74 Å². The first-order valence-corrected chi connectivity index (χ1v) is 10.8. The molecule has 0 spiro atoms. The predicted molar refractivity (Wildman–Crippen MR) is 114 cm³/mol. The van der Waals surface area contributed by atoms with Crippen molar-refractivity contribution in [3.8, 4) is 11.5 Å². The number of likely N-dealkylation sites (tertiary alicyclic amines) is 1. The summed E-state index contributed by atoms with van der Waals surface area (Å²) in [4.78, 5) is 15.0. The van der Waals surface area contributed by atoms with Crippen molar-refractivity contribution >= 4 is 36.0 Å². The zero-order valence-corrected chi connectivity index (χ0v) is 18.0. The fraction of sp³-hybridized carbons (Fsp3) is 0.632. The van der Waals surface area contributed by atoms with Gasteiger partial charge in [-0.15, -0.1) is 11.8 Å². The third-order valence-electron chi connectivity index (χ3n) is 4.54. The Morgan fingerprint density at radius 2 is 2.15 bits per heavy atom. The van der Waals surface area contributed by atoms with Crippen LogP contribution in [0.1, 0.15) is 36.5 Å². The number of benzene rings is 1. The van der Waals surface area contributed by atoms with Crippen LogP contribution in [0.15, 0.2) is 12.1 Å². The van der Waals surface area contributed by atoms with E-state index >= 15 is 0 Å². The van der Waals surface area contributed by atoms with Gasteiger partial charge in [-0.05, 0) is 24.7 Å². The molecule has 2 N–H and O–H groups in total. The smallest absolute Gasteiger partial charge is 0.256 e. The van der Waals surface area contributed by atoms with Crippen molar-refractivity contribution in [1.82, 2.24) is 4.90 Å². The SMILES string of the molecule is CCSC(S)C1CCCN1C(=O)c1cc(OC)c(OCCCOC)cc1N. The van der Waals surface area contributed by atoms with Gasteiger partial charge in [-0.3, -0.25) is 4.79 Å². The topological polar surface area (TPSA) is 74.0 Å². The highest BCUT2D eigenvalue weighted by molar-refractivity contribution is 8.10. The van der Waals surface area contributed by atoms with Crippen LogP contribution < -0.4 is 15.2 Å². The molecule has 2 unspecified atom stereocenters. The molecule has 1 aromatic carbocycles. The number of ether oxygens (including phenoxy) is 3. The Bertz CT molecular complexity index is 630. The Kier molecular flexibility index (Phi) is 8.92. The van der Waals surface area contributed by atoms with Crippen molar-refractivity contribution in [2.75, 3.05) is 45.5 Å². The Morgan fingerprint density at radius 3 is 2.81 bits per heavy atom. The van der Waals surface area contributed by atoms with Crippen LogP contribution in [-0.4, -0.2) is 61.2 Å². The minimum absolute atomic E-state index is 0.0741. The predicted octanol–water partition coefficient (Wildman–Crippen LogP) is 3.31. The molecule has 27 heavy (non-hydrogen) atoms. The summed E-state index contributed by atoms with van der Waals surface area (Å²) < 4.78 is 16.3. The van der Waals surface area contributed by atoms with E-state index in [-0.39, 0.29) is 16.5 Å². The Hall–Kier alpha value is -1.25. The summed E-state index contributed by atoms with van der Waals surface area (Å²) in [6.45, 7) is 3.93. The fourth-order valence-corrected chi connectivity index (χ4v) is 4.80. The van der Waals surface area contributed by atoms with E-state index in [1.54, 1.807) is 38.1 Å². The lowest BCUT2D eigenvalue weighted by molar-refractivity contribution is 0.0746. The summed E-state index contributed by atoms with van der Waals surface area (Å²) in [6, 6.07) is 3.46. The summed E-state index contributed by atoms with van der Waals surface area (Å²) in [5.74, 6) is 1.94. The second-order valence-corrected chi connectivity index (χ2v) is 8.66. The van der Waals surface area contributed by atoms with Crippen LogP contribution in [0.25, 0.3) is 0 Å². The number of carbonyl (C=O) groups is 1. The fourth-order valence-electron chi connectivity index (χ4n) is 3.20. The highest BCUT2D eigenvalue weighted by Crippen LogP contribution is 2.36. The number of nitrogens with two attached hydrogens (primary N) is 1. The second-order valence-electron chi connectivity index (χ2n) is 6.34. The van der Waals surface area contributed by atoms with Crippen molar-refractivity contribution in [3.05, 3.63) is 17.7 Å². The van der Waals surface area contributed by atoms with E-state index in [1.807, 2.05) is 4.90 Å². The van der Waals surface area contributed by atoms with Gasteiger partial charge in [-0.1, -0.05) is 6.92 Å². The quantitative estimate of drug-likeness (QED) is 0.265. The average Bonchev–Trinajstić information content (AvgIpc) is 3.15. The number of rotatable bonds is 10. The maximum atomic E-state index is 13.2. The monoisotopic (exact) mass is 414 g/mol. The standard InChI is InChI=1S/C19H30N2O4S2/c1-4-27-19(26)15-7-5-8-21(15)18(22)13-11-16(24-3)17(12-14(13)20)25-10-6-9-23-2/h11-12,15,19,26H,4-10,20H2,1-3H3. The van der Waals surface area contributed by atoms with Crippen LogP contribution in [0, 0.1) is 0 Å². The normalized spacial score (nSPS) is 17.8. The maximum Gasteiger partial charge on any atom is 0.256 e. The molecular weight excluding hydrogens is 384 g/mol. The lowest BCUT2D eigenvalue weighted by Crippen LogP contribution is -2.40. The van der Waals surface area contributed by atoms with Gasteiger partial charge in [0.25, 0.3) is 5.91 Å². The lowest BCUT2D eigenvalue weighted by Gasteiger charge is -2.29. The summed E-state index contributed by atoms with van der Waals surface area (Å²) in [5.41, 5.74) is 7.04. The third-order valence-corrected chi connectivity index (χ3v) is 6.32. The van der Waals surface area contributed by atoms with E-state index in [9.17, 15) is 4.79 Å². The van der Waals surface area contributed by atoms with E-state index in [2.05, 4.69) is 6.92 Å². The Labute approximate surface area is 171 Å². The first kappa shape index (κ1) is 22.0. The van der Waals surface area contributed by atoms with Gasteiger partial charge >= 0.3 is 0 Å². The number of thioether (sulfide) groups is 1. The second kappa shape index (κ2) is 10.9. The highest BCUT2D eigenvalue weighted by Gasteiger charge is 2.34. The molecule has 0 aliphatic carbocycles. The number of methoxy groups -OCH3 is 2. The van der Waals surface area contributed by atoms with Crippen molar-refractivity contribution in [2.45, 2.75) is 36.8 Å². The van der Waals surface area contributed by atoms with Crippen LogP contribution >= 0.6 is 24.4 Å². The molecule has 8 heteroatoms. The molecule has 1 aromatic rings. The largest absolute Gasteiger partial charge is 0.493 e. The molecule has 1 saturated heterocycles. The van der Waals surface area contributed by atoms with Crippen molar-refractivity contribution in [3.63, 3.8) is 0 Å². The van der Waals surface area contributed by atoms with Gasteiger partial charge in [0.15, 0.2) is 11.5 Å². The molecule has 2 atom stereocenters. The number of nitrogen functional groups attached to an aromatic ring is 1. The number of hydrogen-bond donors (Lipinski definition) is 2. The summed E-state index contributed by atoms with van der Waals surface area (Å²) in [6.07, 6.45) is 2.70. The molecule has 1 aliphatic heterocycles. The number of amides is 1. The molecular formula is C19H30N2O4S2. The van der Waals surface area contributed by atoms with Gasteiger partial charge in [0, 0.05) is 38.4 Å². The van der Waals surface area contributed by atoms with Crippen LogP contribution in [0.3, 0.4) is 0 Å². The van der Waals surface area contributed by atoms with E-state index in [4.69, 9.17) is 32.6 Å². The molecule has 0 saturated carbocycles. The molecule has 1 heterocycles. The van der Waals surface area contributed by atoms with Crippen molar-refractivity contribution < 1.29 is 19.0 Å². The van der Waals surface area contributed by atoms with Crippen LogP contribution in [0.4, 0.5) is 5.69 Å². The summed E-state index contributed by atoms with van der Waals surface area (Å²) >= 11 is 6.45. The zero-order valence-electron chi connectivity index (χ0n) is 16.3. The molecule has 0 aromatic heterocycles. The van der Waals surface area contributed by atoms with E-state index in [0.29, 0.717) is 36.0 Å². The first-order valence-electron chi connectivity index (χ1n) is 9.23. The Balaban J connectivity index is 2.18. The van der Waals surface area contributed by atoms with Gasteiger partial charge in [-0.25, -0.2) is 0 Å². The van der Waals surface area contributed by atoms with Gasteiger partial charge in [0.2, 0.25) is 0 Å². The maximum absolute atomic E-state index is 13.2. The van der Waals surface area contributed by atoms with E-state index in [1.165, 1.54) is 0 Å². The summed E-state index contributed by atoms with van der Waals surface area (Å²) in [5, 5.41) is 0. The van der Waals surface area contributed by atoms with Crippen LogP contribution in [0.5, 0.6) is 11.5 Å². The summed E-state index contributed by atoms with van der Waals surface area (Å²) in [7, 11) is 3.21. The Morgan fingerprint density at radius 1 is 1.37 bits per heavy atom. The highest BCUT2D eigenvalue weighted by atomic mass is 32.2. The van der Waals surface area contributed by atoms with Gasteiger partial charge in [0.05, 0.1) is 29.9 Å². The molecule has 0 radical (unpaired) electrons. The molecule has 1 fully saturated rings. The number of thiol groups is 1. The van der Waals surface area contributed by atoms with Gasteiger partial charge < -0.3 is 24.8 Å². The molecule has 6 nitrogen and oxygen atoms in total. The molecule has 1 aliphatic rings. The number of nitrogens with zero attached hydrogens (tertiary/aromatic N) is 1. The van der Waals surface area contributed by atoms with Gasteiger partial charge in [-0.2, -0.15) is 12.6 Å². The molecule has 2 rings (SSSR count). The van der Waals surface area contributed by atoms with Gasteiger partial charge in [0.1, 0.15) is 0 Å². The van der Waals surface area contributed by atoms with Crippen molar-refractivity contribution in [1.29, 1.82) is 0 Å². The number of anilines is 1.